The monoisotopic (exact) mass is 207 g/mol. The van der Waals surface area contributed by atoms with Crippen molar-refractivity contribution < 1.29 is 0 Å². The van der Waals surface area contributed by atoms with Crippen LogP contribution in [0, 0.1) is 5.41 Å². The van der Waals surface area contributed by atoms with Gasteiger partial charge in [0.05, 0.1) is 4.99 Å². The Kier molecular flexibility index (Phi) is 3.64. The number of hydrogen-bond donors (Lipinski definition) is 1. The summed E-state index contributed by atoms with van der Waals surface area (Å²) >= 11 is 5.27. The highest BCUT2D eigenvalue weighted by Crippen LogP contribution is 2.20. The van der Waals surface area contributed by atoms with Crippen LogP contribution in [0.25, 0.3) is 0 Å². The standard InChI is InChI=1S/C12H17NS/c1-12(2,3)9-11(14)13-10-7-5-4-6-8-10/h4-8H,9H2,1-3H3,(H,13,14). The Morgan fingerprint density at radius 1 is 1.21 bits per heavy atom. The Hall–Kier alpha value is -0.890. The minimum absolute atomic E-state index is 0.249. The van der Waals surface area contributed by atoms with Crippen LogP contribution in [0.3, 0.4) is 0 Å². The lowest BCUT2D eigenvalue weighted by Crippen LogP contribution is -2.17. The zero-order valence-corrected chi connectivity index (χ0v) is 9.82. The Labute approximate surface area is 91.5 Å². The van der Waals surface area contributed by atoms with Gasteiger partial charge in [-0.1, -0.05) is 51.2 Å². The third-order valence-electron chi connectivity index (χ3n) is 1.75. The van der Waals surface area contributed by atoms with Crippen LogP contribution in [0.1, 0.15) is 27.2 Å². The molecule has 0 heterocycles. The van der Waals surface area contributed by atoms with E-state index in [4.69, 9.17) is 12.2 Å². The maximum atomic E-state index is 5.27. The molecule has 0 amide bonds. The number of nitrogens with one attached hydrogen (secondary N) is 1. The van der Waals surface area contributed by atoms with Crippen LogP contribution < -0.4 is 5.32 Å². The van der Waals surface area contributed by atoms with E-state index in [1.165, 1.54) is 0 Å². The van der Waals surface area contributed by atoms with Crippen molar-refractivity contribution in [2.45, 2.75) is 27.2 Å². The molecule has 0 aromatic heterocycles. The molecule has 1 rings (SSSR count). The van der Waals surface area contributed by atoms with E-state index in [9.17, 15) is 0 Å². The molecular formula is C12H17NS. The van der Waals surface area contributed by atoms with Crippen molar-refractivity contribution >= 4 is 22.9 Å². The molecule has 2 heteroatoms. The number of thiocarbonyl (C=S) groups is 1. The Morgan fingerprint density at radius 2 is 1.79 bits per heavy atom. The topological polar surface area (TPSA) is 12.0 Å². The minimum Gasteiger partial charge on any atom is -0.350 e. The summed E-state index contributed by atoms with van der Waals surface area (Å²) < 4.78 is 0. The highest BCUT2D eigenvalue weighted by Gasteiger charge is 2.12. The van der Waals surface area contributed by atoms with Crippen LogP contribution in [0.4, 0.5) is 5.69 Å². The summed E-state index contributed by atoms with van der Waals surface area (Å²) in [5.74, 6) is 0. The molecular weight excluding hydrogens is 190 g/mol. The second-order valence-corrected chi connectivity index (χ2v) is 5.14. The normalized spacial score (nSPS) is 11.1. The fraction of sp³-hybridized carbons (Fsp3) is 0.417. The van der Waals surface area contributed by atoms with Crippen LogP contribution in [-0.2, 0) is 0 Å². The van der Waals surface area contributed by atoms with Gasteiger partial charge in [-0.3, -0.25) is 0 Å². The molecule has 14 heavy (non-hydrogen) atoms. The number of para-hydroxylation sites is 1. The van der Waals surface area contributed by atoms with E-state index >= 15 is 0 Å². The fourth-order valence-corrected chi connectivity index (χ4v) is 1.76. The van der Waals surface area contributed by atoms with Crippen molar-refractivity contribution in [3.63, 3.8) is 0 Å². The number of benzene rings is 1. The lowest BCUT2D eigenvalue weighted by Gasteiger charge is -2.19. The average Bonchev–Trinajstić information content (AvgIpc) is 2.02. The van der Waals surface area contributed by atoms with Crippen molar-refractivity contribution in [1.82, 2.24) is 0 Å². The third kappa shape index (κ3) is 4.38. The molecule has 1 N–H and O–H groups in total. The van der Waals surface area contributed by atoms with Gasteiger partial charge in [0.25, 0.3) is 0 Å². The summed E-state index contributed by atoms with van der Waals surface area (Å²) in [6.07, 6.45) is 0.914. The summed E-state index contributed by atoms with van der Waals surface area (Å²) in [7, 11) is 0. The summed E-state index contributed by atoms with van der Waals surface area (Å²) in [5.41, 5.74) is 1.32. The van der Waals surface area contributed by atoms with Gasteiger partial charge < -0.3 is 5.32 Å². The Bertz CT molecular complexity index is 298. The van der Waals surface area contributed by atoms with E-state index in [0.29, 0.717) is 0 Å². The minimum atomic E-state index is 0.249. The molecule has 0 saturated heterocycles. The predicted molar refractivity (Wildman–Crippen MR) is 66.7 cm³/mol. The summed E-state index contributed by atoms with van der Waals surface area (Å²) in [4.78, 5) is 0.906. The van der Waals surface area contributed by atoms with Gasteiger partial charge in [-0.05, 0) is 17.5 Å². The molecule has 76 valence electrons. The first kappa shape index (κ1) is 11.2. The molecule has 0 atom stereocenters. The Morgan fingerprint density at radius 3 is 2.29 bits per heavy atom. The predicted octanol–water partition coefficient (Wildman–Crippen LogP) is 3.86. The van der Waals surface area contributed by atoms with Gasteiger partial charge in [0.2, 0.25) is 0 Å². The number of hydrogen-bond acceptors (Lipinski definition) is 1. The van der Waals surface area contributed by atoms with Crippen LogP contribution >= 0.6 is 12.2 Å². The van der Waals surface area contributed by atoms with Crippen molar-refractivity contribution in [3.8, 4) is 0 Å². The smallest absolute Gasteiger partial charge is 0.0802 e. The van der Waals surface area contributed by atoms with Crippen molar-refractivity contribution in [2.24, 2.45) is 5.41 Å². The molecule has 0 aliphatic rings. The third-order valence-corrected chi connectivity index (χ3v) is 1.99. The van der Waals surface area contributed by atoms with E-state index in [0.717, 1.165) is 17.1 Å². The van der Waals surface area contributed by atoms with Crippen LogP contribution in [-0.4, -0.2) is 4.99 Å². The summed E-state index contributed by atoms with van der Waals surface area (Å²) in [6, 6.07) is 10.0. The zero-order chi connectivity index (χ0) is 10.6. The number of rotatable bonds is 2. The van der Waals surface area contributed by atoms with Crippen molar-refractivity contribution in [1.29, 1.82) is 0 Å². The van der Waals surface area contributed by atoms with Crippen LogP contribution in [0.2, 0.25) is 0 Å². The SMILES string of the molecule is CC(C)(C)CC(=S)Nc1ccccc1. The van der Waals surface area contributed by atoms with E-state index in [1.807, 2.05) is 30.3 Å². The van der Waals surface area contributed by atoms with Gasteiger partial charge >= 0.3 is 0 Å². The second-order valence-electron chi connectivity index (χ2n) is 4.65. The van der Waals surface area contributed by atoms with E-state index < -0.39 is 0 Å². The first-order valence-electron chi connectivity index (χ1n) is 4.82. The molecule has 0 fully saturated rings. The summed E-state index contributed by atoms with van der Waals surface area (Å²) in [5, 5.41) is 3.23. The van der Waals surface area contributed by atoms with Gasteiger partial charge in [-0.2, -0.15) is 0 Å². The van der Waals surface area contributed by atoms with E-state index in [2.05, 4.69) is 26.1 Å². The van der Waals surface area contributed by atoms with Crippen LogP contribution in [0.15, 0.2) is 30.3 Å². The summed E-state index contributed by atoms with van der Waals surface area (Å²) in [6.45, 7) is 6.56. The lowest BCUT2D eigenvalue weighted by molar-refractivity contribution is 0.436. The molecule has 1 aromatic rings. The lowest BCUT2D eigenvalue weighted by atomic mass is 9.92. The van der Waals surface area contributed by atoms with E-state index in [-0.39, 0.29) is 5.41 Å². The van der Waals surface area contributed by atoms with Gasteiger partial charge in [0.15, 0.2) is 0 Å². The van der Waals surface area contributed by atoms with Gasteiger partial charge in [-0.25, -0.2) is 0 Å². The maximum Gasteiger partial charge on any atom is 0.0802 e. The second kappa shape index (κ2) is 4.56. The Balaban J connectivity index is 2.50. The first-order valence-corrected chi connectivity index (χ1v) is 5.23. The molecule has 0 saturated carbocycles. The molecule has 0 spiro atoms. The van der Waals surface area contributed by atoms with Gasteiger partial charge in [0.1, 0.15) is 0 Å². The molecule has 0 aliphatic carbocycles. The number of anilines is 1. The maximum absolute atomic E-state index is 5.27. The van der Waals surface area contributed by atoms with Crippen LogP contribution in [0.5, 0.6) is 0 Å². The fourth-order valence-electron chi connectivity index (χ4n) is 1.21. The molecule has 0 bridgehead atoms. The zero-order valence-electron chi connectivity index (χ0n) is 9.00. The first-order chi connectivity index (χ1) is 6.47. The quantitative estimate of drug-likeness (QED) is 0.739. The largest absolute Gasteiger partial charge is 0.350 e. The highest BCUT2D eigenvalue weighted by atomic mass is 32.1. The van der Waals surface area contributed by atoms with Crippen molar-refractivity contribution in [2.75, 3.05) is 5.32 Å². The molecule has 1 aromatic carbocycles. The van der Waals surface area contributed by atoms with Gasteiger partial charge in [0, 0.05) is 12.1 Å². The van der Waals surface area contributed by atoms with Crippen molar-refractivity contribution in [3.05, 3.63) is 30.3 Å². The molecule has 0 aliphatic heterocycles. The molecule has 0 unspecified atom stereocenters. The molecule has 1 nitrogen and oxygen atoms in total. The average molecular weight is 207 g/mol. The van der Waals surface area contributed by atoms with E-state index in [1.54, 1.807) is 0 Å². The highest BCUT2D eigenvalue weighted by molar-refractivity contribution is 7.80. The molecule has 0 radical (unpaired) electrons. The van der Waals surface area contributed by atoms with Gasteiger partial charge in [-0.15, -0.1) is 0 Å².